The van der Waals surface area contributed by atoms with Gasteiger partial charge in [0.05, 0.1) is 16.8 Å². The van der Waals surface area contributed by atoms with Crippen LogP contribution in [0.3, 0.4) is 0 Å². The van der Waals surface area contributed by atoms with Gasteiger partial charge in [-0.2, -0.15) is 0 Å². The van der Waals surface area contributed by atoms with Crippen molar-refractivity contribution in [1.29, 1.82) is 0 Å². The highest BCUT2D eigenvalue weighted by Crippen LogP contribution is 2.22. The van der Waals surface area contributed by atoms with Crippen LogP contribution in [0.25, 0.3) is 16.7 Å². The topological polar surface area (TPSA) is 81.3 Å². The minimum atomic E-state index is -1.15. The summed E-state index contributed by atoms with van der Waals surface area (Å²) in [5.41, 5.74) is -0.683. The standard InChI is InChI=1S/C21H12F2N2O4/c22-14-8-4-12(5-9-14)19(26)25-17-3-1-2-16(23)18(17)24(21(25)29)15-10-6-13(7-11-15)20(27)28/h1-11H,(H,27,28). The molecule has 0 aliphatic carbocycles. The number of hydrogen-bond acceptors (Lipinski definition) is 3. The van der Waals surface area contributed by atoms with Gasteiger partial charge in [-0.25, -0.2) is 22.9 Å². The number of nitrogens with zero attached hydrogens (tertiary/aromatic N) is 2. The monoisotopic (exact) mass is 394 g/mol. The normalized spacial score (nSPS) is 11.0. The van der Waals surface area contributed by atoms with Crippen LogP contribution in [0.1, 0.15) is 20.7 Å². The van der Waals surface area contributed by atoms with Crippen molar-refractivity contribution in [3.63, 3.8) is 0 Å². The lowest BCUT2D eigenvalue weighted by atomic mass is 10.2. The molecule has 1 heterocycles. The van der Waals surface area contributed by atoms with Crippen molar-refractivity contribution in [3.05, 3.63) is 100.0 Å². The van der Waals surface area contributed by atoms with Gasteiger partial charge in [-0.3, -0.25) is 9.36 Å². The highest BCUT2D eigenvalue weighted by Gasteiger charge is 2.23. The maximum Gasteiger partial charge on any atom is 0.340 e. The van der Waals surface area contributed by atoms with Crippen LogP contribution in [0.4, 0.5) is 8.78 Å². The lowest BCUT2D eigenvalue weighted by molar-refractivity contribution is 0.0696. The maximum absolute atomic E-state index is 14.6. The Morgan fingerprint density at radius 2 is 1.45 bits per heavy atom. The molecule has 1 N–H and O–H groups in total. The van der Waals surface area contributed by atoms with Crippen LogP contribution in [0.2, 0.25) is 0 Å². The summed E-state index contributed by atoms with van der Waals surface area (Å²) < 4.78 is 29.6. The largest absolute Gasteiger partial charge is 0.478 e. The number of carbonyl (C=O) groups is 2. The summed E-state index contributed by atoms with van der Waals surface area (Å²) >= 11 is 0. The number of aromatic carboxylic acids is 1. The van der Waals surface area contributed by atoms with Crippen LogP contribution in [0.15, 0.2) is 71.5 Å². The number of hydrogen-bond donors (Lipinski definition) is 1. The Bertz CT molecular complexity index is 1320. The molecular formula is C21H12F2N2O4. The first-order valence-electron chi connectivity index (χ1n) is 8.44. The Morgan fingerprint density at radius 3 is 2.07 bits per heavy atom. The fraction of sp³-hybridized carbons (Fsp3) is 0. The van der Waals surface area contributed by atoms with Gasteiger partial charge in [-0.1, -0.05) is 6.07 Å². The number of carbonyl (C=O) groups excluding carboxylic acids is 1. The zero-order chi connectivity index (χ0) is 20.7. The number of benzene rings is 3. The molecule has 3 aromatic carbocycles. The van der Waals surface area contributed by atoms with E-state index in [4.69, 9.17) is 5.11 Å². The molecule has 0 saturated heterocycles. The van der Waals surface area contributed by atoms with E-state index in [1.807, 2.05) is 0 Å². The van der Waals surface area contributed by atoms with Gasteiger partial charge in [0.2, 0.25) is 0 Å². The van der Waals surface area contributed by atoms with Crippen LogP contribution in [-0.4, -0.2) is 26.1 Å². The number of imidazole rings is 1. The summed E-state index contributed by atoms with van der Waals surface area (Å²) in [5, 5.41) is 9.04. The number of para-hydroxylation sites is 1. The summed E-state index contributed by atoms with van der Waals surface area (Å²) in [5.74, 6) is -3.16. The Hall–Kier alpha value is -4.07. The van der Waals surface area contributed by atoms with Gasteiger partial charge in [0.25, 0.3) is 5.91 Å². The molecule has 0 saturated carbocycles. The number of halogens is 2. The molecule has 0 amide bonds. The van der Waals surface area contributed by atoms with Gasteiger partial charge in [-0.05, 0) is 60.7 Å². The number of rotatable bonds is 3. The third-order valence-electron chi connectivity index (χ3n) is 4.48. The first-order chi connectivity index (χ1) is 13.9. The molecule has 0 aliphatic heterocycles. The summed E-state index contributed by atoms with van der Waals surface area (Å²) in [4.78, 5) is 37.1. The third kappa shape index (κ3) is 3.00. The Balaban J connectivity index is 1.98. The quantitative estimate of drug-likeness (QED) is 0.577. The van der Waals surface area contributed by atoms with Crippen molar-refractivity contribution >= 4 is 22.9 Å². The fourth-order valence-electron chi connectivity index (χ4n) is 3.11. The van der Waals surface area contributed by atoms with E-state index < -0.39 is 29.2 Å². The van der Waals surface area contributed by atoms with E-state index in [0.29, 0.717) is 0 Å². The van der Waals surface area contributed by atoms with E-state index in [1.165, 1.54) is 48.5 Å². The molecule has 0 atom stereocenters. The highest BCUT2D eigenvalue weighted by atomic mass is 19.1. The van der Waals surface area contributed by atoms with E-state index in [2.05, 4.69) is 0 Å². The van der Waals surface area contributed by atoms with Crippen molar-refractivity contribution in [3.8, 4) is 5.69 Å². The lowest BCUT2D eigenvalue weighted by Gasteiger charge is -2.04. The molecule has 4 aromatic rings. The molecule has 0 radical (unpaired) electrons. The van der Waals surface area contributed by atoms with Gasteiger partial charge < -0.3 is 5.11 Å². The molecule has 144 valence electrons. The van der Waals surface area contributed by atoms with Gasteiger partial charge in [-0.15, -0.1) is 0 Å². The minimum Gasteiger partial charge on any atom is -0.478 e. The van der Waals surface area contributed by atoms with E-state index in [1.54, 1.807) is 0 Å². The molecule has 0 aliphatic rings. The molecule has 8 heteroatoms. The van der Waals surface area contributed by atoms with Crippen molar-refractivity contribution in [2.75, 3.05) is 0 Å². The van der Waals surface area contributed by atoms with E-state index in [-0.39, 0.29) is 27.8 Å². The maximum atomic E-state index is 14.6. The number of fused-ring (bicyclic) bond motifs is 1. The van der Waals surface area contributed by atoms with Crippen LogP contribution in [0.5, 0.6) is 0 Å². The van der Waals surface area contributed by atoms with Gasteiger partial charge in [0.15, 0.2) is 0 Å². The average Bonchev–Trinajstić information content (AvgIpc) is 3.01. The first kappa shape index (κ1) is 18.3. The van der Waals surface area contributed by atoms with Crippen molar-refractivity contribution < 1.29 is 23.5 Å². The van der Waals surface area contributed by atoms with Crippen molar-refractivity contribution in [1.82, 2.24) is 9.13 Å². The predicted octanol–water partition coefficient (Wildman–Crippen LogP) is 3.46. The number of carboxylic acid groups (broad SMARTS) is 1. The second-order valence-corrected chi connectivity index (χ2v) is 6.23. The zero-order valence-corrected chi connectivity index (χ0v) is 14.7. The van der Waals surface area contributed by atoms with Crippen molar-refractivity contribution in [2.24, 2.45) is 0 Å². The second kappa shape index (κ2) is 6.83. The first-order valence-corrected chi connectivity index (χ1v) is 8.44. The van der Waals surface area contributed by atoms with E-state index >= 15 is 0 Å². The third-order valence-corrected chi connectivity index (χ3v) is 4.48. The summed E-state index contributed by atoms with van der Waals surface area (Å²) in [6, 6.07) is 13.8. The smallest absolute Gasteiger partial charge is 0.340 e. The SMILES string of the molecule is O=C(O)c1ccc(-n2c(=O)n(C(=O)c3ccc(F)cc3)c3cccc(F)c32)cc1. The number of carboxylic acids is 1. The molecule has 29 heavy (non-hydrogen) atoms. The van der Waals surface area contributed by atoms with Crippen LogP contribution in [-0.2, 0) is 0 Å². The molecule has 0 unspecified atom stereocenters. The van der Waals surface area contributed by atoms with E-state index in [9.17, 15) is 23.2 Å². The van der Waals surface area contributed by atoms with Crippen LogP contribution < -0.4 is 5.69 Å². The molecule has 6 nitrogen and oxygen atoms in total. The summed E-state index contributed by atoms with van der Waals surface area (Å²) in [6.45, 7) is 0. The molecule has 4 rings (SSSR count). The second-order valence-electron chi connectivity index (χ2n) is 6.23. The number of aromatic nitrogens is 2. The molecule has 0 fully saturated rings. The molecule has 1 aromatic heterocycles. The van der Waals surface area contributed by atoms with E-state index in [0.717, 1.165) is 27.3 Å². The molecule has 0 spiro atoms. The minimum absolute atomic E-state index is 0.00611. The Kier molecular flexibility index (Phi) is 4.31. The fourth-order valence-corrected chi connectivity index (χ4v) is 3.11. The predicted molar refractivity (Wildman–Crippen MR) is 101 cm³/mol. The highest BCUT2D eigenvalue weighted by molar-refractivity contribution is 6.01. The zero-order valence-electron chi connectivity index (χ0n) is 14.7. The van der Waals surface area contributed by atoms with Crippen LogP contribution >= 0.6 is 0 Å². The Labute approximate surface area is 161 Å². The lowest BCUT2D eigenvalue weighted by Crippen LogP contribution is -2.28. The van der Waals surface area contributed by atoms with Crippen molar-refractivity contribution in [2.45, 2.75) is 0 Å². The van der Waals surface area contributed by atoms with Gasteiger partial charge in [0.1, 0.15) is 17.2 Å². The average molecular weight is 394 g/mol. The summed E-state index contributed by atoms with van der Waals surface area (Å²) in [6.07, 6.45) is 0. The summed E-state index contributed by atoms with van der Waals surface area (Å²) in [7, 11) is 0. The Morgan fingerprint density at radius 1 is 0.828 bits per heavy atom. The van der Waals surface area contributed by atoms with Gasteiger partial charge in [0, 0.05) is 5.56 Å². The van der Waals surface area contributed by atoms with Crippen LogP contribution in [0, 0.1) is 11.6 Å². The molecule has 0 bridgehead atoms. The van der Waals surface area contributed by atoms with Gasteiger partial charge >= 0.3 is 11.7 Å². The molecular weight excluding hydrogens is 382 g/mol.